The van der Waals surface area contributed by atoms with Crippen LogP contribution in [-0.2, 0) is 0 Å². The standard InChI is InChI=1S/C15H11FN2OS2/c1-20-11-3-2-4-12-13(11)17-15(21-12)18-14(19)9-5-7-10(16)8-6-9/h2-8H,1H3,(H,17,18,19). The lowest BCUT2D eigenvalue weighted by Gasteiger charge is -2.00. The van der Waals surface area contributed by atoms with Crippen molar-refractivity contribution < 1.29 is 9.18 Å². The van der Waals surface area contributed by atoms with Gasteiger partial charge in [0, 0.05) is 10.5 Å². The van der Waals surface area contributed by atoms with Crippen molar-refractivity contribution in [1.82, 2.24) is 4.98 Å². The number of nitrogens with one attached hydrogen (secondary N) is 1. The number of hydrogen-bond donors (Lipinski definition) is 1. The maximum atomic E-state index is 12.9. The van der Waals surface area contributed by atoms with Gasteiger partial charge < -0.3 is 0 Å². The molecule has 1 heterocycles. The number of aromatic nitrogens is 1. The summed E-state index contributed by atoms with van der Waals surface area (Å²) in [6, 6.07) is 11.4. The van der Waals surface area contributed by atoms with Crippen LogP contribution < -0.4 is 5.32 Å². The van der Waals surface area contributed by atoms with E-state index in [1.165, 1.54) is 35.6 Å². The molecule has 21 heavy (non-hydrogen) atoms. The molecule has 3 nitrogen and oxygen atoms in total. The Morgan fingerprint density at radius 3 is 2.71 bits per heavy atom. The molecule has 0 unspecified atom stereocenters. The number of hydrogen-bond acceptors (Lipinski definition) is 4. The summed E-state index contributed by atoms with van der Waals surface area (Å²) < 4.78 is 13.9. The quantitative estimate of drug-likeness (QED) is 0.727. The number of fused-ring (bicyclic) bond motifs is 1. The van der Waals surface area contributed by atoms with E-state index in [4.69, 9.17) is 0 Å². The van der Waals surface area contributed by atoms with E-state index < -0.39 is 0 Å². The Balaban J connectivity index is 1.88. The second-order valence-electron chi connectivity index (χ2n) is 4.29. The van der Waals surface area contributed by atoms with Crippen molar-refractivity contribution in [1.29, 1.82) is 0 Å². The number of thiazole rings is 1. The maximum absolute atomic E-state index is 12.9. The number of amides is 1. The van der Waals surface area contributed by atoms with E-state index in [2.05, 4.69) is 10.3 Å². The number of carbonyl (C=O) groups excluding carboxylic acids is 1. The summed E-state index contributed by atoms with van der Waals surface area (Å²) in [5, 5.41) is 3.30. The summed E-state index contributed by atoms with van der Waals surface area (Å²) in [6.45, 7) is 0. The number of rotatable bonds is 3. The monoisotopic (exact) mass is 318 g/mol. The molecular weight excluding hydrogens is 307 g/mol. The number of para-hydroxylation sites is 1. The van der Waals surface area contributed by atoms with Gasteiger partial charge in [0.15, 0.2) is 5.13 Å². The first-order valence-corrected chi connectivity index (χ1v) is 8.22. The van der Waals surface area contributed by atoms with E-state index in [0.29, 0.717) is 10.7 Å². The Hall–Kier alpha value is -1.92. The van der Waals surface area contributed by atoms with Crippen LogP contribution in [0.5, 0.6) is 0 Å². The van der Waals surface area contributed by atoms with Gasteiger partial charge in [0.05, 0.1) is 10.2 Å². The van der Waals surface area contributed by atoms with Crippen LogP contribution in [0.15, 0.2) is 47.4 Å². The van der Waals surface area contributed by atoms with E-state index in [0.717, 1.165) is 15.1 Å². The Bertz CT molecular complexity index is 799. The van der Waals surface area contributed by atoms with Crippen molar-refractivity contribution in [3.63, 3.8) is 0 Å². The van der Waals surface area contributed by atoms with Crippen molar-refractivity contribution in [2.45, 2.75) is 4.90 Å². The second-order valence-corrected chi connectivity index (χ2v) is 6.17. The molecule has 0 aliphatic heterocycles. The predicted molar refractivity (Wildman–Crippen MR) is 85.8 cm³/mol. The lowest BCUT2D eigenvalue weighted by molar-refractivity contribution is 0.102. The number of thioether (sulfide) groups is 1. The summed E-state index contributed by atoms with van der Waals surface area (Å²) in [4.78, 5) is 17.6. The van der Waals surface area contributed by atoms with Gasteiger partial charge in [-0.3, -0.25) is 10.1 Å². The third-order valence-electron chi connectivity index (χ3n) is 2.93. The van der Waals surface area contributed by atoms with E-state index in [9.17, 15) is 9.18 Å². The highest BCUT2D eigenvalue weighted by Gasteiger charge is 2.11. The molecule has 3 aromatic rings. The molecule has 0 aliphatic carbocycles. The smallest absolute Gasteiger partial charge is 0.257 e. The lowest BCUT2D eigenvalue weighted by Crippen LogP contribution is -2.11. The molecule has 3 rings (SSSR count). The zero-order valence-electron chi connectivity index (χ0n) is 11.1. The van der Waals surface area contributed by atoms with Gasteiger partial charge in [0.1, 0.15) is 5.82 Å². The second kappa shape index (κ2) is 5.83. The first-order valence-electron chi connectivity index (χ1n) is 6.18. The van der Waals surface area contributed by atoms with Crippen molar-refractivity contribution in [3.05, 3.63) is 53.8 Å². The van der Waals surface area contributed by atoms with Gasteiger partial charge >= 0.3 is 0 Å². The summed E-state index contributed by atoms with van der Waals surface area (Å²) in [6.07, 6.45) is 1.99. The number of carbonyl (C=O) groups is 1. The third-order valence-corrected chi connectivity index (χ3v) is 4.63. The zero-order valence-corrected chi connectivity index (χ0v) is 12.7. The van der Waals surface area contributed by atoms with Crippen molar-refractivity contribution >= 4 is 44.4 Å². The largest absolute Gasteiger partial charge is 0.298 e. The van der Waals surface area contributed by atoms with Crippen LogP contribution in [0, 0.1) is 5.82 Å². The molecule has 1 N–H and O–H groups in total. The van der Waals surface area contributed by atoms with Crippen LogP contribution in [0.25, 0.3) is 10.2 Å². The van der Waals surface area contributed by atoms with Gasteiger partial charge in [0.2, 0.25) is 0 Å². The summed E-state index contributed by atoms with van der Waals surface area (Å²) >= 11 is 3.04. The third kappa shape index (κ3) is 2.91. The average Bonchev–Trinajstić information content (AvgIpc) is 2.90. The van der Waals surface area contributed by atoms with E-state index >= 15 is 0 Å². The molecule has 0 bridgehead atoms. The van der Waals surface area contributed by atoms with Crippen LogP contribution in [0.1, 0.15) is 10.4 Å². The maximum Gasteiger partial charge on any atom is 0.257 e. The minimum Gasteiger partial charge on any atom is -0.298 e. The fourth-order valence-corrected chi connectivity index (χ4v) is 3.43. The molecule has 0 spiro atoms. The first kappa shape index (κ1) is 14.0. The van der Waals surface area contributed by atoms with Gasteiger partial charge in [-0.25, -0.2) is 9.37 Å². The molecule has 0 saturated carbocycles. The van der Waals surface area contributed by atoms with E-state index in [-0.39, 0.29) is 11.7 Å². The Labute approximate surface area is 129 Å². The minimum absolute atomic E-state index is 0.292. The SMILES string of the molecule is CSc1cccc2sc(NC(=O)c3ccc(F)cc3)nc12. The van der Waals surface area contributed by atoms with Crippen molar-refractivity contribution in [3.8, 4) is 0 Å². The Morgan fingerprint density at radius 2 is 2.00 bits per heavy atom. The number of nitrogens with zero attached hydrogens (tertiary/aromatic N) is 1. The number of anilines is 1. The van der Waals surface area contributed by atoms with Gasteiger partial charge in [-0.1, -0.05) is 17.4 Å². The van der Waals surface area contributed by atoms with Crippen molar-refractivity contribution in [2.24, 2.45) is 0 Å². The molecular formula is C15H11FN2OS2. The lowest BCUT2D eigenvalue weighted by atomic mass is 10.2. The molecule has 1 aromatic heterocycles. The van der Waals surface area contributed by atoms with Crippen molar-refractivity contribution in [2.75, 3.05) is 11.6 Å². The molecule has 1 amide bonds. The van der Waals surface area contributed by atoms with Gasteiger partial charge in [-0.2, -0.15) is 0 Å². The van der Waals surface area contributed by atoms with Crippen LogP contribution in [-0.4, -0.2) is 17.1 Å². The Kier molecular flexibility index (Phi) is 3.90. The van der Waals surface area contributed by atoms with Crippen LogP contribution in [0.3, 0.4) is 0 Å². The average molecular weight is 318 g/mol. The normalized spacial score (nSPS) is 10.8. The number of halogens is 1. The van der Waals surface area contributed by atoms with E-state index in [1.807, 2.05) is 24.5 Å². The topological polar surface area (TPSA) is 42.0 Å². The van der Waals surface area contributed by atoms with E-state index in [1.54, 1.807) is 11.8 Å². The molecule has 0 fully saturated rings. The van der Waals surface area contributed by atoms with Gasteiger partial charge in [-0.15, -0.1) is 11.8 Å². The molecule has 106 valence electrons. The van der Waals surface area contributed by atoms with Gasteiger partial charge in [-0.05, 0) is 42.7 Å². The predicted octanol–water partition coefficient (Wildman–Crippen LogP) is 4.41. The highest BCUT2D eigenvalue weighted by Crippen LogP contribution is 2.32. The Morgan fingerprint density at radius 1 is 1.24 bits per heavy atom. The summed E-state index contributed by atoms with van der Waals surface area (Å²) in [7, 11) is 0. The fraction of sp³-hybridized carbons (Fsp3) is 0.0667. The molecule has 0 radical (unpaired) electrons. The summed E-state index contributed by atoms with van der Waals surface area (Å²) in [5.41, 5.74) is 1.30. The van der Waals surface area contributed by atoms with Crippen LogP contribution >= 0.6 is 23.1 Å². The molecule has 0 atom stereocenters. The van der Waals surface area contributed by atoms with Crippen LogP contribution in [0.2, 0.25) is 0 Å². The first-order chi connectivity index (χ1) is 10.2. The zero-order chi connectivity index (χ0) is 14.8. The van der Waals surface area contributed by atoms with Gasteiger partial charge in [0.25, 0.3) is 5.91 Å². The molecule has 6 heteroatoms. The molecule has 2 aromatic carbocycles. The van der Waals surface area contributed by atoms with Crippen LogP contribution in [0.4, 0.5) is 9.52 Å². The number of benzene rings is 2. The minimum atomic E-state index is -0.365. The fourth-order valence-electron chi connectivity index (χ4n) is 1.91. The summed E-state index contributed by atoms with van der Waals surface area (Å²) in [5.74, 6) is -0.657. The highest BCUT2D eigenvalue weighted by atomic mass is 32.2. The highest BCUT2D eigenvalue weighted by molar-refractivity contribution is 7.98. The molecule has 0 aliphatic rings. The molecule has 0 saturated heterocycles.